The van der Waals surface area contributed by atoms with Crippen LogP contribution in [0.3, 0.4) is 0 Å². The van der Waals surface area contributed by atoms with E-state index in [1.54, 1.807) is 38.1 Å². The van der Waals surface area contributed by atoms with E-state index in [0.717, 1.165) is 27.2 Å². The minimum atomic E-state index is -4.68. The summed E-state index contributed by atoms with van der Waals surface area (Å²) >= 11 is 5.28. The van der Waals surface area contributed by atoms with E-state index in [4.69, 9.17) is 4.74 Å². The first-order chi connectivity index (χ1) is 16.0. The second-order valence-corrected chi connectivity index (χ2v) is 10.1. The van der Waals surface area contributed by atoms with Gasteiger partial charge in [0, 0.05) is 14.9 Å². The smallest absolute Gasteiger partial charge is 0.433 e. The quantitative estimate of drug-likeness (QED) is 0.197. The molecule has 0 aliphatic carbocycles. The molecule has 0 saturated carbocycles. The Balaban J connectivity index is 1.81. The number of anilines is 1. The zero-order valence-electron chi connectivity index (χ0n) is 18.2. The van der Waals surface area contributed by atoms with Gasteiger partial charge in [0.2, 0.25) is 5.91 Å². The van der Waals surface area contributed by atoms with Gasteiger partial charge in [0.1, 0.15) is 10.7 Å². The average molecular weight is 574 g/mol. The van der Waals surface area contributed by atoms with Crippen LogP contribution in [-0.2, 0) is 15.7 Å². The summed E-state index contributed by atoms with van der Waals surface area (Å²) in [5, 5.41) is 2.80. The number of aromatic nitrogens is 2. The predicted molar refractivity (Wildman–Crippen MR) is 129 cm³/mol. The molecule has 3 aromatic rings. The highest BCUT2D eigenvalue weighted by atomic mass is 79.9. The number of benzene rings is 1. The molecule has 0 fully saturated rings. The average Bonchev–Trinajstić information content (AvgIpc) is 3.05. The second kappa shape index (κ2) is 10.9. The third-order valence-electron chi connectivity index (χ3n) is 4.59. The Morgan fingerprint density at radius 1 is 1.18 bits per heavy atom. The fraction of sp³-hybridized carbons (Fsp3) is 0.273. The number of ether oxygens (including phenoxy) is 1. The number of nitrogens with zero attached hydrogens (tertiary/aromatic N) is 2. The van der Waals surface area contributed by atoms with Gasteiger partial charge in [0.05, 0.1) is 23.6 Å². The zero-order valence-corrected chi connectivity index (χ0v) is 21.5. The van der Waals surface area contributed by atoms with E-state index < -0.39 is 23.7 Å². The van der Waals surface area contributed by atoms with Crippen LogP contribution in [0.25, 0.3) is 11.3 Å². The highest BCUT2D eigenvalue weighted by Crippen LogP contribution is 2.34. The fourth-order valence-electron chi connectivity index (χ4n) is 2.86. The summed E-state index contributed by atoms with van der Waals surface area (Å²) in [5.41, 5.74) is 0.442. The predicted octanol–water partition coefficient (Wildman–Crippen LogP) is 6.51. The molecule has 1 amide bonds. The first kappa shape index (κ1) is 26.2. The maximum Gasteiger partial charge on any atom is 0.433 e. The number of amides is 1. The van der Waals surface area contributed by atoms with Crippen molar-refractivity contribution in [2.24, 2.45) is 0 Å². The van der Waals surface area contributed by atoms with Gasteiger partial charge in [-0.1, -0.05) is 39.8 Å². The highest BCUT2D eigenvalue weighted by molar-refractivity contribution is 9.10. The van der Waals surface area contributed by atoms with Crippen molar-refractivity contribution in [3.63, 3.8) is 0 Å². The summed E-state index contributed by atoms with van der Waals surface area (Å²) in [6.45, 7) is 5.43. The van der Waals surface area contributed by atoms with Gasteiger partial charge < -0.3 is 10.1 Å². The molecule has 0 aliphatic rings. The molecule has 6 nitrogen and oxygen atoms in total. The van der Waals surface area contributed by atoms with Gasteiger partial charge in [0.15, 0.2) is 5.16 Å². The van der Waals surface area contributed by atoms with Gasteiger partial charge in [-0.05, 0) is 44.5 Å². The molecule has 34 heavy (non-hydrogen) atoms. The number of thioether (sulfide) groups is 1. The number of esters is 1. The van der Waals surface area contributed by atoms with E-state index in [1.807, 2.05) is 6.92 Å². The van der Waals surface area contributed by atoms with Gasteiger partial charge >= 0.3 is 12.1 Å². The van der Waals surface area contributed by atoms with Crippen LogP contribution in [-0.4, -0.2) is 34.2 Å². The Bertz CT molecular complexity index is 1210. The molecule has 1 aromatic carbocycles. The molecular formula is C22H19BrF3N3O3S2. The van der Waals surface area contributed by atoms with E-state index >= 15 is 0 Å². The topological polar surface area (TPSA) is 81.2 Å². The zero-order chi connectivity index (χ0) is 25.0. The molecule has 2 heterocycles. The van der Waals surface area contributed by atoms with E-state index in [0.29, 0.717) is 16.1 Å². The molecule has 3 rings (SSSR count). The molecule has 0 saturated heterocycles. The van der Waals surface area contributed by atoms with Crippen LogP contribution in [0.15, 0.2) is 40.0 Å². The van der Waals surface area contributed by atoms with Crippen molar-refractivity contribution in [2.75, 3.05) is 17.7 Å². The van der Waals surface area contributed by atoms with Gasteiger partial charge in [-0.2, -0.15) is 13.2 Å². The number of alkyl halides is 3. The van der Waals surface area contributed by atoms with Crippen LogP contribution in [0.1, 0.15) is 33.4 Å². The molecule has 0 spiro atoms. The normalized spacial score (nSPS) is 11.4. The van der Waals surface area contributed by atoms with Crippen molar-refractivity contribution in [2.45, 2.75) is 32.1 Å². The van der Waals surface area contributed by atoms with Gasteiger partial charge in [-0.25, -0.2) is 14.8 Å². The molecule has 180 valence electrons. The Labute approximate surface area is 210 Å². The lowest BCUT2D eigenvalue weighted by molar-refractivity contribution is -0.141. The van der Waals surface area contributed by atoms with E-state index in [-0.39, 0.29) is 28.8 Å². The Morgan fingerprint density at radius 3 is 2.47 bits per heavy atom. The molecule has 0 unspecified atom stereocenters. The van der Waals surface area contributed by atoms with Crippen LogP contribution in [0.2, 0.25) is 0 Å². The number of hydrogen-bond acceptors (Lipinski definition) is 7. The highest BCUT2D eigenvalue weighted by Gasteiger charge is 2.34. The summed E-state index contributed by atoms with van der Waals surface area (Å²) in [5.74, 6) is -1.31. The summed E-state index contributed by atoms with van der Waals surface area (Å²) < 4.78 is 46.1. The minimum Gasteiger partial charge on any atom is -0.462 e. The lowest BCUT2D eigenvalue weighted by atomic mass is 10.1. The lowest BCUT2D eigenvalue weighted by Crippen LogP contribution is -2.17. The molecule has 2 aromatic heterocycles. The second-order valence-electron chi connectivity index (χ2n) is 6.97. The molecule has 0 radical (unpaired) electrons. The first-order valence-electron chi connectivity index (χ1n) is 9.91. The number of carbonyl (C=O) groups is 2. The van der Waals surface area contributed by atoms with Crippen LogP contribution >= 0.6 is 39.0 Å². The van der Waals surface area contributed by atoms with Gasteiger partial charge in [0.25, 0.3) is 0 Å². The molecule has 12 heteroatoms. The van der Waals surface area contributed by atoms with Crippen molar-refractivity contribution in [3.05, 3.63) is 56.5 Å². The van der Waals surface area contributed by atoms with Crippen molar-refractivity contribution in [3.8, 4) is 11.3 Å². The van der Waals surface area contributed by atoms with Crippen LogP contribution in [0.4, 0.5) is 18.2 Å². The number of carbonyl (C=O) groups excluding carboxylic acids is 2. The van der Waals surface area contributed by atoms with E-state index in [2.05, 4.69) is 31.2 Å². The molecule has 0 aliphatic heterocycles. The maximum absolute atomic E-state index is 13.4. The number of thiophene rings is 1. The summed E-state index contributed by atoms with van der Waals surface area (Å²) in [6, 6.07) is 7.52. The largest absolute Gasteiger partial charge is 0.462 e. The number of nitrogens with one attached hydrogen (secondary N) is 1. The summed E-state index contributed by atoms with van der Waals surface area (Å²) in [4.78, 5) is 33.5. The molecular weight excluding hydrogens is 555 g/mol. The van der Waals surface area contributed by atoms with E-state index in [1.165, 1.54) is 11.3 Å². The van der Waals surface area contributed by atoms with Crippen LogP contribution < -0.4 is 5.32 Å². The van der Waals surface area contributed by atoms with Crippen molar-refractivity contribution in [1.29, 1.82) is 0 Å². The SMILES string of the molecule is CCOC(=O)c1c(NC(=O)CSc2nc(-c3ccc(Br)cc3)cc(C(F)(F)F)n2)sc(C)c1C. The number of rotatable bonds is 7. The van der Waals surface area contributed by atoms with Crippen molar-refractivity contribution in [1.82, 2.24) is 9.97 Å². The Kier molecular flexibility index (Phi) is 8.37. The first-order valence-corrected chi connectivity index (χ1v) is 12.5. The fourth-order valence-corrected chi connectivity index (χ4v) is 4.85. The third kappa shape index (κ3) is 6.36. The van der Waals surface area contributed by atoms with E-state index in [9.17, 15) is 22.8 Å². The summed E-state index contributed by atoms with van der Waals surface area (Å²) in [6.07, 6.45) is -4.68. The lowest BCUT2D eigenvalue weighted by Gasteiger charge is -2.11. The Morgan fingerprint density at radius 2 is 1.85 bits per heavy atom. The Hall–Kier alpha value is -2.44. The molecule has 1 N–H and O–H groups in total. The van der Waals surface area contributed by atoms with Gasteiger partial charge in [-0.3, -0.25) is 4.79 Å². The van der Waals surface area contributed by atoms with Crippen LogP contribution in [0, 0.1) is 13.8 Å². The molecule has 0 bridgehead atoms. The monoisotopic (exact) mass is 573 g/mol. The number of halogens is 4. The van der Waals surface area contributed by atoms with Crippen molar-refractivity contribution < 1.29 is 27.5 Å². The van der Waals surface area contributed by atoms with Crippen molar-refractivity contribution >= 4 is 55.9 Å². The maximum atomic E-state index is 13.4. The molecule has 0 atom stereocenters. The van der Waals surface area contributed by atoms with Gasteiger partial charge in [-0.15, -0.1) is 11.3 Å². The number of hydrogen-bond donors (Lipinski definition) is 1. The minimum absolute atomic E-state index is 0.0897. The standard InChI is InChI=1S/C22H19BrF3N3O3S2/c1-4-32-20(31)18-11(2)12(3)34-19(18)29-17(30)10-33-21-27-15(9-16(28-21)22(24,25)26)13-5-7-14(23)8-6-13/h5-9H,4,10H2,1-3H3,(H,29,30). The summed E-state index contributed by atoms with van der Waals surface area (Å²) in [7, 11) is 0. The third-order valence-corrected chi connectivity index (χ3v) is 7.08. The number of aryl methyl sites for hydroxylation is 1. The van der Waals surface area contributed by atoms with Crippen LogP contribution in [0.5, 0.6) is 0 Å².